The molecule has 5 heteroatoms. The van der Waals surface area contributed by atoms with Crippen LogP contribution in [0.25, 0.3) is 0 Å². The summed E-state index contributed by atoms with van der Waals surface area (Å²) in [6.45, 7) is 6.37. The van der Waals surface area contributed by atoms with Gasteiger partial charge in [0.15, 0.2) is 5.82 Å². The highest BCUT2D eigenvalue weighted by Gasteiger charge is 2.21. The first-order valence-corrected chi connectivity index (χ1v) is 5.37. The zero-order chi connectivity index (χ0) is 11.5. The van der Waals surface area contributed by atoms with Crippen LogP contribution in [0.4, 0.5) is 0 Å². The SMILES string of the molecule is CCc1nc(CC)n(CC(C)(O)CN)n1. The summed E-state index contributed by atoms with van der Waals surface area (Å²) in [4.78, 5) is 4.37. The van der Waals surface area contributed by atoms with Gasteiger partial charge in [0.1, 0.15) is 5.82 Å². The van der Waals surface area contributed by atoms with Gasteiger partial charge in [-0.2, -0.15) is 5.10 Å². The Bertz CT molecular complexity index is 319. The average Bonchev–Trinajstić information content (AvgIpc) is 2.59. The smallest absolute Gasteiger partial charge is 0.150 e. The lowest BCUT2D eigenvalue weighted by Crippen LogP contribution is -2.39. The highest BCUT2D eigenvalue weighted by Crippen LogP contribution is 2.08. The lowest BCUT2D eigenvalue weighted by Gasteiger charge is -2.21. The van der Waals surface area contributed by atoms with Crippen molar-refractivity contribution < 1.29 is 5.11 Å². The minimum absolute atomic E-state index is 0.220. The van der Waals surface area contributed by atoms with E-state index in [0.717, 1.165) is 24.5 Å². The fraction of sp³-hybridized carbons (Fsp3) is 0.800. The van der Waals surface area contributed by atoms with Crippen molar-refractivity contribution in [2.45, 2.75) is 45.8 Å². The predicted molar refractivity (Wildman–Crippen MR) is 58.5 cm³/mol. The monoisotopic (exact) mass is 212 g/mol. The highest BCUT2D eigenvalue weighted by atomic mass is 16.3. The quantitative estimate of drug-likeness (QED) is 0.726. The van der Waals surface area contributed by atoms with Gasteiger partial charge in [-0.05, 0) is 6.92 Å². The van der Waals surface area contributed by atoms with Crippen LogP contribution in [0.5, 0.6) is 0 Å². The van der Waals surface area contributed by atoms with E-state index in [0.29, 0.717) is 6.54 Å². The molecule has 0 saturated heterocycles. The molecule has 0 radical (unpaired) electrons. The maximum absolute atomic E-state index is 9.86. The van der Waals surface area contributed by atoms with E-state index in [1.165, 1.54) is 0 Å². The summed E-state index contributed by atoms with van der Waals surface area (Å²) in [6, 6.07) is 0. The topological polar surface area (TPSA) is 77.0 Å². The van der Waals surface area contributed by atoms with E-state index < -0.39 is 5.60 Å². The van der Waals surface area contributed by atoms with Crippen molar-refractivity contribution in [1.29, 1.82) is 0 Å². The van der Waals surface area contributed by atoms with Gasteiger partial charge in [0.25, 0.3) is 0 Å². The molecule has 5 nitrogen and oxygen atoms in total. The Morgan fingerprint density at radius 3 is 2.53 bits per heavy atom. The molecule has 0 saturated carbocycles. The molecule has 86 valence electrons. The third-order valence-electron chi connectivity index (χ3n) is 2.35. The van der Waals surface area contributed by atoms with E-state index >= 15 is 0 Å². The Balaban J connectivity index is 2.88. The van der Waals surface area contributed by atoms with Crippen LogP contribution in [0.2, 0.25) is 0 Å². The first-order valence-electron chi connectivity index (χ1n) is 5.37. The van der Waals surface area contributed by atoms with Gasteiger partial charge in [-0.25, -0.2) is 9.67 Å². The van der Waals surface area contributed by atoms with Crippen LogP contribution < -0.4 is 5.73 Å². The molecule has 0 aliphatic rings. The molecule has 0 spiro atoms. The number of aliphatic hydroxyl groups is 1. The zero-order valence-corrected chi connectivity index (χ0v) is 9.69. The largest absolute Gasteiger partial charge is 0.387 e. The Morgan fingerprint density at radius 1 is 1.40 bits per heavy atom. The lowest BCUT2D eigenvalue weighted by atomic mass is 10.1. The van der Waals surface area contributed by atoms with Gasteiger partial charge < -0.3 is 10.8 Å². The Morgan fingerprint density at radius 2 is 2.07 bits per heavy atom. The highest BCUT2D eigenvalue weighted by molar-refractivity contribution is 4.94. The van der Waals surface area contributed by atoms with Crippen LogP contribution in [0.1, 0.15) is 32.4 Å². The van der Waals surface area contributed by atoms with Gasteiger partial charge in [-0.15, -0.1) is 0 Å². The van der Waals surface area contributed by atoms with Gasteiger partial charge >= 0.3 is 0 Å². The minimum atomic E-state index is -0.914. The summed E-state index contributed by atoms with van der Waals surface area (Å²) >= 11 is 0. The van der Waals surface area contributed by atoms with Gasteiger partial charge in [-0.1, -0.05) is 13.8 Å². The molecule has 1 unspecified atom stereocenters. The Kier molecular flexibility index (Phi) is 3.82. The molecular formula is C10H20N4O. The molecule has 1 aromatic rings. The molecule has 1 heterocycles. The first-order chi connectivity index (χ1) is 7.02. The van der Waals surface area contributed by atoms with E-state index in [4.69, 9.17) is 5.73 Å². The summed E-state index contributed by atoms with van der Waals surface area (Å²) in [5.41, 5.74) is 4.56. The van der Waals surface area contributed by atoms with Crippen LogP contribution >= 0.6 is 0 Å². The van der Waals surface area contributed by atoms with Crippen molar-refractivity contribution >= 4 is 0 Å². The molecule has 1 aromatic heterocycles. The van der Waals surface area contributed by atoms with Crippen molar-refractivity contribution in [1.82, 2.24) is 14.8 Å². The molecule has 0 fully saturated rings. The van der Waals surface area contributed by atoms with E-state index in [9.17, 15) is 5.11 Å². The zero-order valence-electron chi connectivity index (χ0n) is 9.69. The second-order valence-corrected chi connectivity index (χ2v) is 4.01. The summed E-state index contributed by atoms with van der Waals surface area (Å²) in [6.07, 6.45) is 1.62. The number of aromatic nitrogens is 3. The normalized spacial score (nSPS) is 15.3. The number of nitrogens with zero attached hydrogens (tertiary/aromatic N) is 3. The second-order valence-electron chi connectivity index (χ2n) is 4.01. The maximum Gasteiger partial charge on any atom is 0.150 e. The summed E-state index contributed by atoms with van der Waals surface area (Å²) < 4.78 is 1.76. The average molecular weight is 212 g/mol. The van der Waals surface area contributed by atoms with Crippen molar-refractivity contribution in [3.05, 3.63) is 11.6 Å². The number of hydrogen-bond acceptors (Lipinski definition) is 4. The van der Waals surface area contributed by atoms with Gasteiger partial charge in [0, 0.05) is 19.4 Å². The maximum atomic E-state index is 9.86. The minimum Gasteiger partial charge on any atom is -0.387 e. The van der Waals surface area contributed by atoms with Gasteiger partial charge in [-0.3, -0.25) is 0 Å². The van der Waals surface area contributed by atoms with Crippen molar-refractivity contribution in [3.8, 4) is 0 Å². The molecule has 3 N–H and O–H groups in total. The summed E-state index contributed by atoms with van der Waals surface area (Å²) in [5, 5.41) is 14.2. The summed E-state index contributed by atoms with van der Waals surface area (Å²) in [5.74, 6) is 1.72. The number of nitrogens with two attached hydrogens (primary N) is 1. The molecule has 1 atom stereocenters. The van der Waals surface area contributed by atoms with E-state index in [1.54, 1.807) is 11.6 Å². The van der Waals surface area contributed by atoms with E-state index in [2.05, 4.69) is 10.1 Å². The molecule has 15 heavy (non-hydrogen) atoms. The number of hydrogen-bond donors (Lipinski definition) is 2. The van der Waals surface area contributed by atoms with E-state index in [-0.39, 0.29) is 6.54 Å². The standard InChI is InChI=1S/C10H20N4O/c1-4-8-12-9(5-2)14(13-8)7-10(3,15)6-11/h15H,4-7,11H2,1-3H3. The van der Waals surface area contributed by atoms with Crippen LogP contribution in [-0.2, 0) is 19.4 Å². The molecular weight excluding hydrogens is 192 g/mol. The molecule has 0 bridgehead atoms. The van der Waals surface area contributed by atoms with Crippen molar-refractivity contribution in [2.75, 3.05) is 6.54 Å². The molecule has 0 aromatic carbocycles. The second kappa shape index (κ2) is 4.72. The Hall–Kier alpha value is -0.940. The third-order valence-corrected chi connectivity index (χ3v) is 2.35. The first kappa shape index (κ1) is 12.1. The molecule has 0 amide bonds. The fourth-order valence-electron chi connectivity index (χ4n) is 1.35. The predicted octanol–water partition coefficient (Wildman–Crippen LogP) is 0.113. The van der Waals surface area contributed by atoms with Crippen molar-refractivity contribution in [3.63, 3.8) is 0 Å². The van der Waals surface area contributed by atoms with Crippen LogP contribution in [0, 0.1) is 0 Å². The van der Waals surface area contributed by atoms with E-state index in [1.807, 2.05) is 13.8 Å². The molecule has 1 rings (SSSR count). The molecule has 0 aliphatic carbocycles. The fourth-order valence-corrected chi connectivity index (χ4v) is 1.35. The van der Waals surface area contributed by atoms with Crippen LogP contribution in [0.3, 0.4) is 0 Å². The lowest BCUT2D eigenvalue weighted by molar-refractivity contribution is 0.0460. The van der Waals surface area contributed by atoms with Crippen LogP contribution in [-0.4, -0.2) is 32.0 Å². The van der Waals surface area contributed by atoms with Crippen LogP contribution in [0.15, 0.2) is 0 Å². The third kappa shape index (κ3) is 3.00. The number of aryl methyl sites for hydroxylation is 2. The number of rotatable bonds is 5. The van der Waals surface area contributed by atoms with Gasteiger partial charge in [0.05, 0.1) is 12.1 Å². The molecule has 0 aliphatic heterocycles. The Labute approximate surface area is 90.3 Å². The summed E-state index contributed by atoms with van der Waals surface area (Å²) in [7, 11) is 0. The van der Waals surface area contributed by atoms with Gasteiger partial charge in [0.2, 0.25) is 0 Å². The van der Waals surface area contributed by atoms with Crippen molar-refractivity contribution in [2.24, 2.45) is 5.73 Å².